The molecule has 0 fully saturated rings. The second kappa shape index (κ2) is 4.07. The Hall–Kier alpha value is -0.0900. The number of aromatic nitrogens is 2. The fourth-order valence-corrected chi connectivity index (χ4v) is 1.83. The van der Waals surface area contributed by atoms with Crippen LogP contribution >= 0.6 is 27.7 Å². The number of thioether (sulfide) groups is 1. The zero-order valence-corrected chi connectivity index (χ0v) is 8.82. The third-order valence-electron chi connectivity index (χ3n) is 0.981. The lowest BCUT2D eigenvalue weighted by molar-refractivity contribution is 1.01. The molecule has 1 aromatic heterocycles. The van der Waals surface area contributed by atoms with Crippen LogP contribution in [0.4, 0.5) is 0 Å². The Labute approximate surface area is 79.0 Å². The van der Waals surface area contributed by atoms with Crippen LogP contribution in [0.3, 0.4) is 0 Å². The highest BCUT2D eigenvalue weighted by molar-refractivity contribution is 9.10. The van der Waals surface area contributed by atoms with E-state index in [0.717, 1.165) is 9.50 Å². The van der Waals surface area contributed by atoms with Crippen molar-refractivity contribution in [3.8, 4) is 0 Å². The van der Waals surface area contributed by atoms with E-state index < -0.39 is 0 Å². The van der Waals surface area contributed by atoms with Gasteiger partial charge in [0.15, 0.2) is 0 Å². The van der Waals surface area contributed by atoms with Gasteiger partial charge in [-0.25, -0.2) is 9.97 Å². The molecule has 60 valence electrons. The lowest BCUT2D eigenvalue weighted by Crippen LogP contribution is -1.90. The van der Waals surface area contributed by atoms with Gasteiger partial charge in [-0.1, -0.05) is 13.8 Å². The summed E-state index contributed by atoms with van der Waals surface area (Å²) < 4.78 is 0.971. The van der Waals surface area contributed by atoms with E-state index in [-0.39, 0.29) is 0 Å². The van der Waals surface area contributed by atoms with Crippen LogP contribution in [0.2, 0.25) is 0 Å². The summed E-state index contributed by atoms with van der Waals surface area (Å²) in [7, 11) is 0. The minimum atomic E-state index is 0.557. The molecular formula is C7H9BrN2S. The summed E-state index contributed by atoms with van der Waals surface area (Å²) >= 11 is 5.11. The van der Waals surface area contributed by atoms with E-state index in [1.807, 2.05) is 0 Å². The largest absolute Gasteiger partial charge is 0.244 e. The first kappa shape index (κ1) is 9.00. The standard InChI is InChI=1S/C7H9BrN2S/c1-5(2)11-7-6(8)3-9-4-10-7/h3-5H,1-2H3. The Morgan fingerprint density at radius 3 is 2.82 bits per heavy atom. The molecule has 0 aliphatic heterocycles. The zero-order valence-electron chi connectivity index (χ0n) is 6.41. The van der Waals surface area contributed by atoms with Gasteiger partial charge in [0.25, 0.3) is 0 Å². The van der Waals surface area contributed by atoms with Gasteiger partial charge in [-0.15, -0.1) is 11.8 Å². The second-order valence-electron chi connectivity index (χ2n) is 2.34. The molecule has 0 aliphatic carbocycles. The normalized spacial score (nSPS) is 10.5. The van der Waals surface area contributed by atoms with Crippen molar-refractivity contribution in [3.05, 3.63) is 17.0 Å². The van der Waals surface area contributed by atoms with Gasteiger partial charge in [0.05, 0.1) is 4.47 Å². The van der Waals surface area contributed by atoms with Crippen LogP contribution in [0.1, 0.15) is 13.8 Å². The molecule has 0 bridgehead atoms. The van der Waals surface area contributed by atoms with E-state index in [0.29, 0.717) is 5.25 Å². The highest BCUT2D eigenvalue weighted by Crippen LogP contribution is 2.26. The van der Waals surface area contributed by atoms with E-state index in [1.165, 1.54) is 0 Å². The topological polar surface area (TPSA) is 25.8 Å². The number of hydrogen-bond acceptors (Lipinski definition) is 3. The first-order valence-electron chi connectivity index (χ1n) is 3.32. The molecule has 4 heteroatoms. The van der Waals surface area contributed by atoms with Crippen molar-refractivity contribution < 1.29 is 0 Å². The van der Waals surface area contributed by atoms with Crippen molar-refractivity contribution >= 4 is 27.7 Å². The average Bonchev–Trinajstić information content (AvgIpc) is 1.93. The van der Waals surface area contributed by atoms with Crippen molar-refractivity contribution in [2.24, 2.45) is 0 Å². The van der Waals surface area contributed by atoms with Gasteiger partial charge in [0, 0.05) is 11.4 Å². The van der Waals surface area contributed by atoms with Gasteiger partial charge < -0.3 is 0 Å². The van der Waals surface area contributed by atoms with Gasteiger partial charge >= 0.3 is 0 Å². The number of hydrogen-bond donors (Lipinski definition) is 0. The first-order chi connectivity index (χ1) is 5.20. The van der Waals surface area contributed by atoms with Crippen LogP contribution in [0.25, 0.3) is 0 Å². The van der Waals surface area contributed by atoms with Crippen LogP contribution in [0, 0.1) is 0 Å². The second-order valence-corrected chi connectivity index (χ2v) is 4.76. The molecule has 1 heterocycles. The predicted octanol–water partition coefficient (Wildman–Crippen LogP) is 2.74. The molecular weight excluding hydrogens is 224 g/mol. The lowest BCUT2D eigenvalue weighted by Gasteiger charge is -2.03. The maximum absolute atomic E-state index is 4.12. The fraction of sp³-hybridized carbons (Fsp3) is 0.429. The summed E-state index contributed by atoms with van der Waals surface area (Å²) in [6, 6.07) is 0. The Kier molecular flexibility index (Phi) is 3.33. The number of halogens is 1. The van der Waals surface area contributed by atoms with Crippen LogP contribution in [0.15, 0.2) is 22.0 Å². The van der Waals surface area contributed by atoms with Crippen LogP contribution in [-0.4, -0.2) is 15.2 Å². The molecule has 1 aromatic rings. The van der Waals surface area contributed by atoms with Gasteiger partial charge in [-0.2, -0.15) is 0 Å². The predicted molar refractivity (Wildman–Crippen MR) is 50.7 cm³/mol. The van der Waals surface area contributed by atoms with E-state index in [9.17, 15) is 0 Å². The molecule has 0 unspecified atom stereocenters. The summed E-state index contributed by atoms with van der Waals surface area (Å²) in [6.07, 6.45) is 3.33. The summed E-state index contributed by atoms with van der Waals surface area (Å²) in [5.41, 5.74) is 0. The molecule has 0 amide bonds. The molecule has 0 spiro atoms. The SMILES string of the molecule is CC(C)Sc1ncncc1Br. The molecule has 0 saturated carbocycles. The third kappa shape index (κ3) is 2.79. The molecule has 0 radical (unpaired) electrons. The van der Waals surface area contributed by atoms with Crippen LogP contribution < -0.4 is 0 Å². The molecule has 1 rings (SSSR count). The summed E-state index contributed by atoms with van der Waals surface area (Å²) in [6.45, 7) is 4.28. The van der Waals surface area contributed by atoms with Gasteiger partial charge in [0.1, 0.15) is 11.4 Å². The molecule has 2 nitrogen and oxygen atoms in total. The zero-order chi connectivity index (χ0) is 8.27. The maximum atomic E-state index is 4.12. The minimum absolute atomic E-state index is 0.557. The highest BCUT2D eigenvalue weighted by Gasteiger charge is 2.03. The molecule has 0 aromatic carbocycles. The highest BCUT2D eigenvalue weighted by atomic mass is 79.9. The molecule has 0 saturated heterocycles. The fourth-order valence-electron chi connectivity index (χ4n) is 0.611. The molecule has 0 aliphatic rings. The Morgan fingerprint density at radius 1 is 1.55 bits per heavy atom. The Morgan fingerprint density at radius 2 is 2.27 bits per heavy atom. The van der Waals surface area contributed by atoms with Crippen LogP contribution in [-0.2, 0) is 0 Å². The molecule has 0 N–H and O–H groups in total. The van der Waals surface area contributed by atoms with Crippen LogP contribution in [0.5, 0.6) is 0 Å². The van der Waals surface area contributed by atoms with Gasteiger partial charge in [0.2, 0.25) is 0 Å². The van der Waals surface area contributed by atoms with Crippen molar-refractivity contribution in [1.82, 2.24) is 9.97 Å². The minimum Gasteiger partial charge on any atom is -0.244 e. The van der Waals surface area contributed by atoms with Crippen molar-refractivity contribution in [2.45, 2.75) is 24.1 Å². The smallest absolute Gasteiger partial charge is 0.116 e. The van der Waals surface area contributed by atoms with Gasteiger partial charge in [-0.3, -0.25) is 0 Å². The summed E-state index contributed by atoms with van der Waals surface area (Å²) in [4.78, 5) is 8.00. The maximum Gasteiger partial charge on any atom is 0.116 e. The lowest BCUT2D eigenvalue weighted by atomic mass is 10.6. The van der Waals surface area contributed by atoms with Crippen molar-refractivity contribution in [1.29, 1.82) is 0 Å². The quantitative estimate of drug-likeness (QED) is 0.580. The monoisotopic (exact) mass is 232 g/mol. The Balaban J connectivity index is 2.78. The van der Waals surface area contributed by atoms with E-state index in [1.54, 1.807) is 24.3 Å². The van der Waals surface area contributed by atoms with E-state index in [2.05, 4.69) is 39.7 Å². The van der Waals surface area contributed by atoms with Gasteiger partial charge in [-0.05, 0) is 15.9 Å². The molecule has 11 heavy (non-hydrogen) atoms. The number of nitrogens with zero attached hydrogens (tertiary/aromatic N) is 2. The summed E-state index contributed by atoms with van der Waals surface area (Å²) in [5, 5.41) is 1.57. The summed E-state index contributed by atoms with van der Waals surface area (Å²) in [5.74, 6) is 0. The van der Waals surface area contributed by atoms with E-state index in [4.69, 9.17) is 0 Å². The number of rotatable bonds is 2. The van der Waals surface area contributed by atoms with Crippen molar-refractivity contribution in [3.63, 3.8) is 0 Å². The third-order valence-corrected chi connectivity index (χ3v) is 2.84. The molecule has 0 atom stereocenters. The average molecular weight is 233 g/mol. The van der Waals surface area contributed by atoms with E-state index >= 15 is 0 Å². The first-order valence-corrected chi connectivity index (χ1v) is 4.99. The Bertz CT molecular complexity index is 240. The van der Waals surface area contributed by atoms with Crippen molar-refractivity contribution in [2.75, 3.05) is 0 Å².